The Labute approximate surface area is 125 Å². The largest absolute Gasteiger partial charge is 0.383 e. The number of ether oxygens (including phenoxy) is 2. The van der Waals surface area contributed by atoms with Crippen LogP contribution in [-0.4, -0.2) is 63.8 Å². The molecule has 0 spiro atoms. The highest BCUT2D eigenvalue weighted by Crippen LogP contribution is 2.26. The number of hydrogen-bond donors (Lipinski definition) is 1. The number of anilines is 1. The number of methoxy groups -OCH3 is 2. The number of hydrogen-bond acceptors (Lipinski definition) is 6. The molecule has 0 bridgehead atoms. The van der Waals surface area contributed by atoms with Crippen LogP contribution in [0, 0.1) is 0 Å². The summed E-state index contributed by atoms with van der Waals surface area (Å²) in [5.74, 6) is 0. The van der Waals surface area contributed by atoms with Crippen LogP contribution in [-0.2, 0) is 19.5 Å². The number of aromatic nitrogens is 1. The van der Waals surface area contributed by atoms with E-state index in [0.29, 0.717) is 12.2 Å². The SMILES string of the molecule is CCNc1cccnc1S(=O)(=O)N1CC(OC)C(OC)C1. The average molecular weight is 315 g/mol. The monoisotopic (exact) mass is 315 g/mol. The van der Waals surface area contributed by atoms with E-state index < -0.39 is 10.0 Å². The van der Waals surface area contributed by atoms with Gasteiger partial charge >= 0.3 is 0 Å². The Morgan fingerprint density at radius 1 is 1.33 bits per heavy atom. The second-order valence-corrected chi connectivity index (χ2v) is 6.61. The maximum Gasteiger partial charge on any atom is 0.262 e. The zero-order chi connectivity index (χ0) is 15.5. The molecule has 2 atom stereocenters. The molecule has 21 heavy (non-hydrogen) atoms. The summed E-state index contributed by atoms with van der Waals surface area (Å²) in [5.41, 5.74) is 0.509. The van der Waals surface area contributed by atoms with Gasteiger partial charge in [0.1, 0.15) is 0 Å². The Balaban J connectivity index is 2.31. The minimum atomic E-state index is -3.68. The Hall–Kier alpha value is -1.22. The standard InChI is InChI=1S/C13H21N3O4S/c1-4-14-10-6-5-7-15-13(10)21(17,18)16-8-11(19-2)12(9-16)20-3/h5-7,11-12,14H,4,8-9H2,1-3H3. The zero-order valence-electron chi connectivity index (χ0n) is 12.4. The van der Waals surface area contributed by atoms with E-state index in [9.17, 15) is 8.42 Å². The fourth-order valence-corrected chi connectivity index (χ4v) is 3.95. The van der Waals surface area contributed by atoms with Crippen LogP contribution in [0.25, 0.3) is 0 Å². The highest BCUT2D eigenvalue weighted by Gasteiger charge is 2.41. The minimum absolute atomic E-state index is 0.0402. The zero-order valence-corrected chi connectivity index (χ0v) is 13.3. The van der Waals surface area contributed by atoms with Gasteiger partial charge in [0.25, 0.3) is 10.0 Å². The Bertz CT molecular complexity index is 567. The summed E-state index contributed by atoms with van der Waals surface area (Å²) < 4.78 is 37.5. The van der Waals surface area contributed by atoms with Crippen LogP contribution < -0.4 is 5.32 Å². The van der Waals surface area contributed by atoms with Crippen LogP contribution in [0.2, 0.25) is 0 Å². The van der Waals surface area contributed by atoms with E-state index in [-0.39, 0.29) is 30.3 Å². The van der Waals surface area contributed by atoms with Crippen molar-refractivity contribution < 1.29 is 17.9 Å². The van der Waals surface area contributed by atoms with Crippen LogP contribution in [0.3, 0.4) is 0 Å². The molecule has 7 nitrogen and oxygen atoms in total. The first-order valence-corrected chi connectivity index (χ1v) is 8.23. The van der Waals surface area contributed by atoms with E-state index in [0.717, 1.165) is 0 Å². The van der Waals surface area contributed by atoms with Crippen molar-refractivity contribution in [3.8, 4) is 0 Å². The lowest BCUT2D eigenvalue weighted by atomic mass is 10.3. The fourth-order valence-electron chi connectivity index (χ4n) is 2.40. The summed E-state index contributed by atoms with van der Waals surface area (Å²) in [6.45, 7) is 3.05. The third kappa shape index (κ3) is 3.18. The predicted molar refractivity (Wildman–Crippen MR) is 78.8 cm³/mol. The van der Waals surface area contributed by atoms with Gasteiger partial charge in [0.2, 0.25) is 0 Å². The summed E-state index contributed by atoms with van der Waals surface area (Å²) >= 11 is 0. The van der Waals surface area contributed by atoms with Gasteiger partial charge in [0, 0.05) is 40.1 Å². The molecular formula is C13H21N3O4S. The molecule has 8 heteroatoms. The number of nitrogens with zero attached hydrogens (tertiary/aromatic N) is 2. The first-order valence-electron chi connectivity index (χ1n) is 6.79. The topological polar surface area (TPSA) is 80.8 Å². The molecule has 0 aromatic carbocycles. The van der Waals surface area contributed by atoms with Crippen molar-refractivity contribution in [1.82, 2.24) is 9.29 Å². The van der Waals surface area contributed by atoms with E-state index in [4.69, 9.17) is 9.47 Å². The van der Waals surface area contributed by atoms with Gasteiger partial charge in [-0.3, -0.25) is 0 Å². The molecule has 1 fully saturated rings. The molecule has 1 aliphatic rings. The van der Waals surface area contributed by atoms with Crippen LogP contribution >= 0.6 is 0 Å². The van der Waals surface area contributed by atoms with Crippen LogP contribution in [0.5, 0.6) is 0 Å². The van der Waals surface area contributed by atoms with E-state index in [1.807, 2.05) is 6.92 Å². The molecule has 2 heterocycles. The van der Waals surface area contributed by atoms with E-state index in [2.05, 4.69) is 10.3 Å². The first-order chi connectivity index (χ1) is 10.0. The molecule has 1 aromatic rings. The minimum Gasteiger partial charge on any atom is -0.383 e. The van der Waals surface area contributed by atoms with Crippen molar-refractivity contribution in [2.45, 2.75) is 24.2 Å². The molecule has 0 saturated carbocycles. The van der Waals surface area contributed by atoms with Crippen molar-refractivity contribution >= 4 is 15.7 Å². The van der Waals surface area contributed by atoms with Gasteiger partial charge in [0.15, 0.2) is 5.03 Å². The van der Waals surface area contributed by atoms with Crippen LogP contribution in [0.1, 0.15) is 6.92 Å². The Kier molecular flexibility index (Phi) is 5.15. The van der Waals surface area contributed by atoms with Gasteiger partial charge in [0.05, 0.1) is 17.9 Å². The number of nitrogens with one attached hydrogen (secondary N) is 1. The Morgan fingerprint density at radius 2 is 1.95 bits per heavy atom. The van der Waals surface area contributed by atoms with Gasteiger partial charge in [-0.2, -0.15) is 4.31 Å². The van der Waals surface area contributed by atoms with E-state index in [1.165, 1.54) is 10.5 Å². The molecule has 2 unspecified atom stereocenters. The van der Waals surface area contributed by atoms with Gasteiger partial charge in [-0.15, -0.1) is 0 Å². The van der Waals surface area contributed by atoms with E-state index >= 15 is 0 Å². The lowest BCUT2D eigenvalue weighted by Gasteiger charge is -2.17. The second kappa shape index (κ2) is 6.69. The number of pyridine rings is 1. The molecule has 1 saturated heterocycles. The molecule has 1 N–H and O–H groups in total. The van der Waals surface area contributed by atoms with Gasteiger partial charge in [-0.05, 0) is 19.1 Å². The van der Waals surface area contributed by atoms with Crippen LogP contribution in [0.4, 0.5) is 5.69 Å². The van der Waals surface area contributed by atoms with Crippen molar-refractivity contribution in [2.24, 2.45) is 0 Å². The smallest absolute Gasteiger partial charge is 0.262 e. The van der Waals surface area contributed by atoms with Gasteiger partial charge < -0.3 is 14.8 Å². The van der Waals surface area contributed by atoms with Crippen LogP contribution in [0.15, 0.2) is 23.4 Å². The van der Waals surface area contributed by atoms with Crippen molar-refractivity contribution in [3.63, 3.8) is 0 Å². The quantitative estimate of drug-likeness (QED) is 0.825. The molecular weight excluding hydrogens is 294 g/mol. The van der Waals surface area contributed by atoms with E-state index in [1.54, 1.807) is 26.4 Å². The summed E-state index contributed by atoms with van der Waals surface area (Å²) in [5, 5.41) is 3.07. The first kappa shape index (κ1) is 16.2. The highest BCUT2D eigenvalue weighted by molar-refractivity contribution is 7.89. The third-order valence-electron chi connectivity index (χ3n) is 3.51. The molecule has 1 aromatic heterocycles. The highest BCUT2D eigenvalue weighted by atomic mass is 32.2. The number of sulfonamides is 1. The lowest BCUT2D eigenvalue weighted by Crippen LogP contribution is -2.31. The van der Waals surface area contributed by atoms with Crippen molar-refractivity contribution in [2.75, 3.05) is 39.2 Å². The lowest BCUT2D eigenvalue weighted by molar-refractivity contribution is -0.00461. The molecule has 0 aliphatic carbocycles. The van der Waals surface area contributed by atoms with Crippen molar-refractivity contribution in [3.05, 3.63) is 18.3 Å². The summed E-state index contributed by atoms with van der Waals surface area (Å²) in [6, 6.07) is 3.41. The molecule has 118 valence electrons. The summed E-state index contributed by atoms with van der Waals surface area (Å²) in [6.07, 6.45) is 0.943. The van der Waals surface area contributed by atoms with Crippen molar-refractivity contribution in [1.29, 1.82) is 0 Å². The van der Waals surface area contributed by atoms with Gasteiger partial charge in [-0.1, -0.05) is 0 Å². The normalized spacial score (nSPS) is 23.4. The fraction of sp³-hybridized carbons (Fsp3) is 0.615. The second-order valence-electron chi connectivity index (χ2n) is 4.76. The summed E-state index contributed by atoms with van der Waals surface area (Å²) in [4.78, 5) is 4.04. The molecule has 1 aliphatic heterocycles. The Morgan fingerprint density at radius 3 is 2.48 bits per heavy atom. The maximum absolute atomic E-state index is 12.8. The predicted octanol–water partition coefficient (Wildman–Crippen LogP) is 0.548. The van der Waals surface area contributed by atoms with Gasteiger partial charge in [-0.25, -0.2) is 13.4 Å². The maximum atomic E-state index is 12.8. The summed E-state index contributed by atoms with van der Waals surface area (Å²) in [7, 11) is -0.571. The molecule has 2 rings (SSSR count). The number of rotatable bonds is 6. The average Bonchev–Trinajstić information content (AvgIpc) is 2.92. The third-order valence-corrected chi connectivity index (χ3v) is 5.30. The molecule has 0 amide bonds. The molecule has 0 radical (unpaired) electrons.